The fourth-order valence-corrected chi connectivity index (χ4v) is 1.41. The number of fused-ring (bicyclic) bond motifs is 1. The predicted molar refractivity (Wildman–Crippen MR) is 46.1 cm³/mol. The fraction of sp³-hybridized carbons (Fsp3) is 0.250. The minimum atomic E-state index is -0.129. The Kier molecular flexibility index (Phi) is 1.30. The Bertz CT molecular complexity index is 480. The van der Waals surface area contributed by atoms with Gasteiger partial charge in [-0.2, -0.15) is 5.10 Å². The minimum absolute atomic E-state index is 0.129. The molecule has 12 heavy (non-hydrogen) atoms. The largest absolute Gasteiger partial charge is 0.349 e. The highest BCUT2D eigenvalue weighted by atomic mass is 16.1. The standard InChI is InChI=1S/C8H9N3O/c1-5-7-6(3-4-11(7)2)8(12)10-9-5/h3-4H,1-2H3,(H,10,12). The van der Waals surface area contributed by atoms with Crippen LogP contribution in [0.15, 0.2) is 17.1 Å². The number of H-pyrrole nitrogens is 1. The Morgan fingerprint density at radius 3 is 3.00 bits per heavy atom. The number of aryl methyl sites for hydroxylation is 2. The van der Waals surface area contributed by atoms with E-state index in [4.69, 9.17) is 0 Å². The Hall–Kier alpha value is -1.58. The van der Waals surface area contributed by atoms with Gasteiger partial charge in [0.05, 0.1) is 16.6 Å². The molecule has 2 heterocycles. The van der Waals surface area contributed by atoms with E-state index in [2.05, 4.69) is 10.2 Å². The lowest BCUT2D eigenvalue weighted by atomic mass is 10.3. The molecule has 0 atom stereocenters. The summed E-state index contributed by atoms with van der Waals surface area (Å²) in [6.07, 6.45) is 1.86. The molecule has 0 aliphatic heterocycles. The van der Waals surface area contributed by atoms with Crippen molar-refractivity contribution in [3.8, 4) is 0 Å². The van der Waals surface area contributed by atoms with E-state index in [9.17, 15) is 4.79 Å². The Morgan fingerprint density at radius 1 is 1.58 bits per heavy atom. The SMILES string of the molecule is Cc1n[nH]c(=O)c2ccn(C)c12. The molecule has 0 amide bonds. The number of aromatic nitrogens is 3. The van der Waals surface area contributed by atoms with Gasteiger partial charge in [-0.1, -0.05) is 0 Å². The van der Waals surface area contributed by atoms with Gasteiger partial charge in [-0.3, -0.25) is 4.79 Å². The summed E-state index contributed by atoms with van der Waals surface area (Å²) < 4.78 is 1.90. The summed E-state index contributed by atoms with van der Waals surface area (Å²) in [5.41, 5.74) is 1.62. The molecule has 1 N–H and O–H groups in total. The molecule has 4 heteroatoms. The summed E-state index contributed by atoms with van der Waals surface area (Å²) >= 11 is 0. The Labute approximate surface area is 68.8 Å². The zero-order valence-electron chi connectivity index (χ0n) is 6.96. The van der Waals surface area contributed by atoms with Crippen LogP contribution in [0.5, 0.6) is 0 Å². The van der Waals surface area contributed by atoms with Crippen LogP contribution in [0.2, 0.25) is 0 Å². The first-order valence-corrected chi connectivity index (χ1v) is 3.70. The first kappa shape index (κ1) is 7.09. The summed E-state index contributed by atoms with van der Waals surface area (Å²) in [5, 5.41) is 7.02. The maximum atomic E-state index is 11.2. The van der Waals surface area contributed by atoms with Crippen LogP contribution in [0, 0.1) is 6.92 Å². The third kappa shape index (κ3) is 0.777. The molecule has 0 saturated heterocycles. The van der Waals surface area contributed by atoms with Gasteiger partial charge in [-0.15, -0.1) is 0 Å². The average Bonchev–Trinajstić information content (AvgIpc) is 2.42. The smallest absolute Gasteiger partial charge is 0.273 e. The molecule has 0 saturated carbocycles. The van der Waals surface area contributed by atoms with Gasteiger partial charge in [0.2, 0.25) is 0 Å². The first-order chi connectivity index (χ1) is 5.70. The molecule has 62 valence electrons. The van der Waals surface area contributed by atoms with E-state index in [0.717, 1.165) is 11.2 Å². The fourth-order valence-electron chi connectivity index (χ4n) is 1.41. The van der Waals surface area contributed by atoms with Crippen LogP contribution in [0.3, 0.4) is 0 Å². The molecule has 2 rings (SSSR count). The van der Waals surface area contributed by atoms with E-state index in [1.807, 2.05) is 24.7 Å². The van der Waals surface area contributed by atoms with Crippen molar-refractivity contribution in [3.63, 3.8) is 0 Å². The van der Waals surface area contributed by atoms with Crippen LogP contribution in [0.4, 0.5) is 0 Å². The Morgan fingerprint density at radius 2 is 2.33 bits per heavy atom. The molecule has 0 fully saturated rings. The van der Waals surface area contributed by atoms with Gasteiger partial charge >= 0.3 is 0 Å². The van der Waals surface area contributed by atoms with Crippen LogP contribution in [-0.4, -0.2) is 14.8 Å². The lowest BCUT2D eigenvalue weighted by Crippen LogP contribution is -2.09. The third-order valence-corrected chi connectivity index (χ3v) is 1.99. The van der Waals surface area contributed by atoms with E-state index < -0.39 is 0 Å². The maximum Gasteiger partial charge on any atom is 0.273 e. The monoisotopic (exact) mass is 163 g/mol. The van der Waals surface area contributed by atoms with E-state index in [1.54, 1.807) is 6.07 Å². The molecule has 0 unspecified atom stereocenters. The van der Waals surface area contributed by atoms with Crippen LogP contribution >= 0.6 is 0 Å². The minimum Gasteiger partial charge on any atom is -0.349 e. The number of nitrogens with one attached hydrogen (secondary N) is 1. The van der Waals surface area contributed by atoms with Gasteiger partial charge in [0.1, 0.15) is 0 Å². The van der Waals surface area contributed by atoms with Gasteiger partial charge in [0.25, 0.3) is 5.56 Å². The molecular weight excluding hydrogens is 154 g/mol. The number of nitrogens with zero attached hydrogens (tertiary/aromatic N) is 2. The Balaban J connectivity index is 3.09. The van der Waals surface area contributed by atoms with Gasteiger partial charge in [-0.05, 0) is 13.0 Å². The van der Waals surface area contributed by atoms with Crippen molar-refractivity contribution < 1.29 is 0 Å². The highest BCUT2D eigenvalue weighted by Crippen LogP contribution is 2.11. The molecule has 2 aromatic rings. The molecule has 2 aromatic heterocycles. The van der Waals surface area contributed by atoms with Crippen LogP contribution in [0.25, 0.3) is 10.9 Å². The molecule has 0 aliphatic rings. The van der Waals surface area contributed by atoms with Gasteiger partial charge in [0.15, 0.2) is 0 Å². The number of aromatic amines is 1. The molecule has 0 bridgehead atoms. The van der Waals surface area contributed by atoms with Crippen LogP contribution in [0.1, 0.15) is 5.69 Å². The lowest BCUT2D eigenvalue weighted by Gasteiger charge is -1.97. The predicted octanol–water partition coefficient (Wildman–Crippen LogP) is 0.570. The summed E-state index contributed by atoms with van der Waals surface area (Å²) in [4.78, 5) is 11.2. The summed E-state index contributed by atoms with van der Waals surface area (Å²) in [5.74, 6) is 0. The van der Waals surface area contributed by atoms with Crippen molar-refractivity contribution in [2.45, 2.75) is 6.92 Å². The quantitative estimate of drug-likeness (QED) is 0.617. The second-order valence-electron chi connectivity index (χ2n) is 2.83. The summed E-state index contributed by atoms with van der Waals surface area (Å²) in [6.45, 7) is 1.87. The third-order valence-electron chi connectivity index (χ3n) is 1.99. The second kappa shape index (κ2) is 2.20. The van der Waals surface area contributed by atoms with Crippen molar-refractivity contribution in [2.24, 2.45) is 7.05 Å². The summed E-state index contributed by atoms with van der Waals surface area (Å²) in [7, 11) is 1.90. The lowest BCUT2D eigenvalue weighted by molar-refractivity contribution is 0.920. The van der Waals surface area contributed by atoms with Crippen molar-refractivity contribution in [3.05, 3.63) is 28.3 Å². The topological polar surface area (TPSA) is 50.7 Å². The first-order valence-electron chi connectivity index (χ1n) is 3.70. The number of rotatable bonds is 0. The maximum absolute atomic E-state index is 11.2. The van der Waals surface area contributed by atoms with Crippen molar-refractivity contribution in [1.29, 1.82) is 0 Å². The van der Waals surface area contributed by atoms with Crippen molar-refractivity contribution in [2.75, 3.05) is 0 Å². The zero-order chi connectivity index (χ0) is 8.72. The van der Waals surface area contributed by atoms with E-state index >= 15 is 0 Å². The highest BCUT2D eigenvalue weighted by molar-refractivity contribution is 5.80. The molecular formula is C8H9N3O. The second-order valence-corrected chi connectivity index (χ2v) is 2.83. The molecule has 0 aromatic carbocycles. The molecule has 0 spiro atoms. The normalized spacial score (nSPS) is 10.8. The van der Waals surface area contributed by atoms with Crippen LogP contribution < -0.4 is 5.56 Å². The van der Waals surface area contributed by atoms with Crippen molar-refractivity contribution >= 4 is 10.9 Å². The molecule has 4 nitrogen and oxygen atoms in total. The molecule has 0 radical (unpaired) electrons. The average molecular weight is 163 g/mol. The van der Waals surface area contributed by atoms with E-state index in [0.29, 0.717) is 5.39 Å². The van der Waals surface area contributed by atoms with E-state index in [1.165, 1.54) is 0 Å². The van der Waals surface area contributed by atoms with Crippen molar-refractivity contribution in [1.82, 2.24) is 14.8 Å². The molecule has 0 aliphatic carbocycles. The van der Waals surface area contributed by atoms with Crippen LogP contribution in [-0.2, 0) is 7.05 Å². The summed E-state index contributed by atoms with van der Waals surface area (Å²) in [6, 6.07) is 1.79. The van der Waals surface area contributed by atoms with Gasteiger partial charge in [-0.25, -0.2) is 5.10 Å². The zero-order valence-corrected chi connectivity index (χ0v) is 6.96. The number of hydrogen-bond donors (Lipinski definition) is 1. The van der Waals surface area contributed by atoms with E-state index in [-0.39, 0.29) is 5.56 Å². The number of hydrogen-bond acceptors (Lipinski definition) is 2. The highest BCUT2D eigenvalue weighted by Gasteiger charge is 2.04. The van der Waals surface area contributed by atoms with Gasteiger partial charge < -0.3 is 4.57 Å². The van der Waals surface area contributed by atoms with Gasteiger partial charge in [0, 0.05) is 13.2 Å².